The Labute approximate surface area is 219 Å². The summed E-state index contributed by atoms with van der Waals surface area (Å²) in [4.78, 5) is 33.8. The molecule has 5 atom stereocenters. The summed E-state index contributed by atoms with van der Waals surface area (Å²) in [6.07, 6.45) is 1.45. The van der Waals surface area contributed by atoms with E-state index in [0.29, 0.717) is 50.7 Å². The number of nitrogens with one attached hydrogen (secondary N) is 1. The first-order valence-corrected chi connectivity index (χ1v) is 13.7. The number of amides is 2. The van der Waals surface area contributed by atoms with Crippen molar-refractivity contribution in [2.75, 3.05) is 38.2 Å². The Bertz CT molecular complexity index is 1180. The van der Waals surface area contributed by atoms with Gasteiger partial charge in [0.2, 0.25) is 5.91 Å². The van der Waals surface area contributed by atoms with Crippen molar-refractivity contribution in [2.45, 2.75) is 51.6 Å². The lowest BCUT2D eigenvalue weighted by Gasteiger charge is -2.58. The van der Waals surface area contributed by atoms with Crippen LogP contribution in [-0.2, 0) is 16.0 Å². The van der Waals surface area contributed by atoms with Gasteiger partial charge in [-0.25, -0.2) is 9.37 Å². The molecular weight excluding hydrogens is 497 g/mol. The molecule has 2 amide bonds. The molecule has 200 valence electrons. The number of rotatable bonds is 5. The van der Waals surface area contributed by atoms with E-state index < -0.39 is 23.2 Å². The summed E-state index contributed by atoms with van der Waals surface area (Å²) in [6.45, 7) is 6.07. The van der Waals surface area contributed by atoms with Crippen LogP contribution in [0.2, 0.25) is 0 Å². The van der Waals surface area contributed by atoms with Gasteiger partial charge >= 0.3 is 0 Å². The van der Waals surface area contributed by atoms with Crippen LogP contribution in [0.3, 0.4) is 0 Å². The summed E-state index contributed by atoms with van der Waals surface area (Å²) < 4.78 is 19.1. The second-order valence-corrected chi connectivity index (χ2v) is 12.1. The van der Waals surface area contributed by atoms with Crippen LogP contribution in [0.25, 0.3) is 0 Å². The fourth-order valence-electron chi connectivity index (χ4n) is 6.61. The SMILES string of the molecule is C[C@]1(CO)[C@H]2Cc3sc(NC(=O)c4cccc(F)c4)nc3[C@@H](CC(=O)N3CCOCC3)[C@]2(C)CC[C@H]1O. The van der Waals surface area contributed by atoms with E-state index in [4.69, 9.17) is 9.72 Å². The van der Waals surface area contributed by atoms with Gasteiger partial charge in [-0.15, -0.1) is 11.3 Å². The third-order valence-corrected chi connectivity index (χ3v) is 9.95. The van der Waals surface area contributed by atoms with Gasteiger partial charge in [0.25, 0.3) is 5.91 Å². The van der Waals surface area contributed by atoms with Gasteiger partial charge in [0, 0.05) is 41.3 Å². The Hall–Kier alpha value is -2.40. The van der Waals surface area contributed by atoms with E-state index in [1.807, 2.05) is 11.8 Å². The van der Waals surface area contributed by atoms with E-state index in [1.54, 1.807) is 6.07 Å². The minimum Gasteiger partial charge on any atom is -0.396 e. The lowest BCUT2D eigenvalue weighted by atomic mass is 9.47. The molecular formula is C27H34FN3O5S. The van der Waals surface area contributed by atoms with Crippen LogP contribution in [0, 0.1) is 22.6 Å². The third kappa shape index (κ3) is 4.69. The number of benzene rings is 1. The predicted octanol–water partition coefficient (Wildman–Crippen LogP) is 3.20. The number of thiazole rings is 1. The molecule has 2 fully saturated rings. The minimum absolute atomic E-state index is 0.0382. The van der Waals surface area contributed by atoms with Crippen molar-refractivity contribution >= 4 is 28.3 Å². The van der Waals surface area contributed by atoms with Crippen molar-refractivity contribution in [3.63, 3.8) is 0 Å². The summed E-state index contributed by atoms with van der Waals surface area (Å²) in [7, 11) is 0. The van der Waals surface area contributed by atoms with Crippen LogP contribution < -0.4 is 5.32 Å². The molecule has 8 nitrogen and oxygen atoms in total. The van der Waals surface area contributed by atoms with Crippen LogP contribution in [0.15, 0.2) is 24.3 Å². The highest BCUT2D eigenvalue weighted by molar-refractivity contribution is 7.15. The van der Waals surface area contributed by atoms with E-state index in [0.717, 1.165) is 10.6 Å². The van der Waals surface area contributed by atoms with Crippen molar-refractivity contribution in [3.8, 4) is 0 Å². The number of hydrogen-bond donors (Lipinski definition) is 3. The Morgan fingerprint density at radius 1 is 1.30 bits per heavy atom. The second-order valence-electron chi connectivity index (χ2n) is 11.0. The third-order valence-electron chi connectivity index (χ3n) is 8.94. The number of ether oxygens (including phenoxy) is 1. The van der Waals surface area contributed by atoms with Crippen molar-refractivity contribution in [2.24, 2.45) is 16.7 Å². The minimum atomic E-state index is -0.722. The predicted molar refractivity (Wildman–Crippen MR) is 137 cm³/mol. The molecule has 2 aliphatic carbocycles. The van der Waals surface area contributed by atoms with Crippen LogP contribution in [-0.4, -0.2) is 70.9 Å². The largest absolute Gasteiger partial charge is 0.396 e. The smallest absolute Gasteiger partial charge is 0.257 e. The number of halogens is 1. The van der Waals surface area contributed by atoms with Gasteiger partial charge < -0.3 is 19.8 Å². The number of carbonyl (C=O) groups excluding carboxylic acids is 2. The van der Waals surface area contributed by atoms with E-state index in [2.05, 4.69) is 12.2 Å². The van der Waals surface area contributed by atoms with Crippen molar-refractivity contribution in [3.05, 3.63) is 46.2 Å². The number of aliphatic hydroxyl groups excluding tert-OH is 2. The lowest BCUT2D eigenvalue weighted by Crippen LogP contribution is -2.58. The van der Waals surface area contributed by atoms with Crippen molar-refractivity contribution in [1.82, 2.24) is 9.88 Å². The monoisotopic (exact) mass is 531 g/mol. The van der Waals surface area contributed by atoms with Gasteiger partial charge in [0.05, 0.1) is 31.6 Å². The maximum absolute atomic E-state index is 13.7. The van der Waals surface area contributed by atoms with Crippen molar-refractivity contribution in [1.29, 1.82) is 0 Å². The van der Waals surface area contributed by atoms with Crippen molar-refractivity contribution < 1.29 is 28.9 Å². The Kier molecular flexibility index (Phi) is 7.12. The molecule has 1 aromatic heterocycles. The van der Waals surface area contributed by atoms with Gasteiger partial charge in [-0.1, -0.05) is 19.9 Å². The Morgan fingerprint density at radius 3 is 2.76 bits per heavy atom. The molecule has 1 saturated heterocycles. The van der Waals surface area contributed by atoms with E-state index in [-0.39, 0.29) is 41.7 Å². The van der Waals surface area contributed by atoms with Crippen LogP contribution >= 0.6 is 11.3 Å². The molecule has 0 bridgehead atoms. The van der Waals surface area contributed by atoms with E-state index >= 15 is 0 Å². The summed E-state index contributed by atoms with van der Waals surface area (Å²) >= 11 is 1.35. The molecule has 2 aromatic rings. The summed E-state index contributed by atoms with van der Waals surface area (Å²) in [6, 6.07) is 5.48. The zero-order valence-electron chi connectivity index (χ0n) is 21.2. The molecule has 1 saturated carbocycles. The fraction of sp³-hybridized carbons (Fsp3) is 0.593. The standard InChI is InChI=1S/C27H34FN3O5S/c1-26-7-6-21(33)27(2,15-32)20(26)14-19-23(18(26)13-22(34)31-8-10-36-11-9-31)29-25(37-19)30-24(35)16-4-3-5-17(28)12-16/h3-5,12,18,20-21,32-33H,6-11,13-15H2,1-2H3,(H,29,30,35)/t18-,20+,21-,26+,27+/m1/s1. The number of fused-ring (bicyclic) bond motifs is 2. The zero-order valence-corrected chi connectivity index (χ0v) is 22.0. The second kappa shape index (κ2) is 10.1. The number of nitrogens with zero attached hydrogens (tertiary/aromatic N) is 2. The molecule has 0 radical (unpaired) electrons. The van der Waals surface area contributed by atoms with Gasteiger partial charge in [-0.3, -0.25) is 14.9 Å². The average Bonchev–Trinajstić information content (AvgIpc) is 3.30. The zero-order chi connectivity index (χ0) is 26.4. The summed E-state index contributed by atoms with van der Waals surface area (Å²) in [5, 5.41) is 24.6. The maximum Gasteiger partial charge on any atom is 0.257 e. The quantitative estimate of drug-likeness (QED) is 0.546. The van der Waals surface area contributed by atoms with Crippen LogP contribution in [0.5, 0.6) is 0 Å². The molecule has 2 heterocycles. The molecule has 5 rings (SSSR count). The van der Waals surface area contributed by atoms with E-state index in [1.165, 1.54) is 29.5 Å². The van der Waals surface area contributed by atoms with Crippen LogP contribution in [0.1, 0.15) is 60.0 Å². The molecule has 1 aliphatic heterocycles. The molecule has 1 aromatic carbocycles. The first-order valence-electron chi connectivity index (χ1n) is 12.9. The number of morpholine rings is 1. The molecule has 3 N–H and O–H groups in total. The maximum atomic E-state index is 13.7. The van der Waals surface area contributed by atoms with Gasteiger partial charge in [0.1, 0.15) is 5.82 Å². The summed E-state index contributed by atoms with van der Waals surface area (Å²) in [5.41, 5.74) is -0.0934. The number of aliphatic hydroxyl groups is 2. The van der Waals surface area contributed by atoms with Crippen LogP contribution in [0.4, 0.5) is 9.52 Å². The van der Waals surface area contributed by atoms with Gasteiger partial charge in [0.15, 0.2) is 5.13 Å². The first kappa shape index (κ1) is 26.2. The summed E-state index contributed by atoms with van der Waals surface area (Å²) in [5.74, 6) is -1.21. The molecule has 3 aliphatic rings. The van der Waals surface area contributed by atoms with Gasteiger partial charge in [-0.05, 0) is 48.8 Å². The lowest BCUT2D eigenvalue weighted by molar-refractivity contribution is -0.149. The number of carbonyl (C=O) groups is 2. The molecule has 0 spiro atoms. The fourth-order valence-corrected chi connectivity index (χ4v) is 7.68. The Morgan fingerprint density at radius 2 is 2.05 bits per heavy atom. The molecule has 10 heteroatoms. The highest BCUT2D eigenvalue weighted by atomic mass is 32.1. The highest BCUT2D eigenvalue weighted by Crippen LogP contribution is 2.63. The topological polar surface area (TPSA) is 112 Å². The highest BCUT2D eigenvalue weighted by Gasteiger charge is 2.59. The normalized spacial score (nSPS) is 31.4. The number of anilines is 1. The molecule has 0 unspecified atom stereocenters. The van der Waals surface area contributed by atoms with E-state index in [9.17, 15) is 24.2 Å². The average molecular weight is 532 g/mol. The molecule has 37 heavy (non-hydrogen) atoms. The van der Waals surface area contributed by atoms with Gasteiger partial charge in [-0.2, -0.15) is 0 Å². The number of hydrogen-bond acceptors (Lipinski definition) is 7. The number of aromatic nitrogens is 1. The Balaban J connectivity index is 1.50. The first-order chi connectivity index (χ1) is 17.7.